The second-order valence-corrected chi connectivity index (χ2v) is 4.62. The van der Waals surface area contributed by atoms with Gasteiger partial charge in [0.05, 0.1) is 19.0 Å². The molecule has 1 aromatic rings. The molecule has 3 atom stereocenters. The number of hydrogen-bond donors (Lipinski definition) is 1. The number of nitrogens with two attached hydrogens (primary N) is 1. The van der Waals surface area contributed by atoms with Gasteiger partial charge in [0.2, 0.25) is 0 Å². The van der Waals surface area contributed by atoms with Crippen LogP contribution in [0.15, 0.2) is 6.20 Å². The maximum atomic E-state index is 6.09. The Bertz CT molecular complexity index is 340. The van der Waals surface area contributed by atoms with Gasteiger partial charge in [-0.3, -0.25) is 4.68 Å². The zero-order valence-corrected chi connectivity index (χ0v) is 10.3. The molecule has 1 fully saturated rings. The van der Waals surface area contributed by atoms with Crippen LogP contribution in [0.4, 0.5) is 0 Å². The van der Waals surface area contributed by atoms with Crippen molar-refractivity contribution < 1.29 is 4.74 Å². The molecule has 0 radical (unpaired) electrons. The molecule has 0 aromatic carbocycles. The molecule has 1 aromatic heterocycles. The van der Waals surface area contributed by atoms with Crippen LogP contribution in [0.25, 0.3) is 0 Å². The molecule has 4 heteroatoms. The van der Waals surface area contributed by atoms with Crippen LogP contribution >= 0.6 is 0 Å². The van der Waals surface area contributed by atoms with E-state index >= 15 is 0 Å². The Morgan fingerprint density at radius 3 is 2.81 bits per heavy atom. The van der Waals surface area contributed by atoms with Gasteiger partial charge in [-0.15, -0.1) is 0 Å². The monoisotopic (exact) mass is 223 g/mol. The van der Waals surface area contributed by atoms with Gasteiger partial charge >= 0.3 is 0 Å². The molecule has 1 aliphatic carbocycles. The average Bonchev–Trinajstić information content (AvgIpc) is 2.83. The predicted octanol–water partition coefficient (Wildman–Crippen LogP) is 1.75. The van der Waals surface area contributed by atoms with Crippen LogP contribution in [0.1, 0.15) is 38.3 Å². The average molecular weight is 223 g/mol. The molecule has 0 spiro atoms. The summed E-state index contributed by atoms with van der Waals surface area (Å²) in [6.07, 6.45) is 4.06. The Morgan fingerprint density at radius 1 is 1.56 bits per heavy atom. The highest BCUT2D eigenvalue weighted by Gasteiger charge is 2.35. The van der Waals surface area contributed by atoms with Gasteiger partial charge in [0.1, 0.15) is 0 Å². The fourth-order valence-corrected chi connectivity index (χ4v) is 2.74. The number of aromatic nitrogens is 2. The van der Waals surface area contributed by atoms with Gasteiger partial charge in [0, 0.05) is 18.5 Å². The number of hydrogen-bond acceptors (Lipinski definition) is 3. The molecular formula is C12H21N3O. The molecule has 3 unspecified atom stereocenters. The first kappa shape index (κ1) is 11.5. The van der Waals surface area contributed by atoms with E-state index in [1.54, 1.807) is 7.11 Å². The van der Waals surface area contributed by atoms with Crippen LogP contribution < -0.4 is 10.5 Å². The lowest BCUT2D eigenvalue weighted by atomic mass is 9.92. The topological polar surface area (TPSA) is 53.1 Å². The number of ether oxygens (including phenoxy) is 1. The summed E-state index contributed by atoms with van der Waals surface area (Å²) in [6.45, 7) is 5.22. The van der Waals surface area contributed by atoms with E-state index in [1.807, 2.05) is 10.9 Å². The maximum Gasteiger partial charge on any atom is 0.160 e. The van der Waals surface area contributed by atoms with Gasteiger partial charge in [0.15, 0.2) is 5.75 Å². The molecule has 0 amide bonds. The number of nitrogens with zero attached hydrogens (tertiary/aromatic N) is 2. The van der Waals surface area contributed by atoms with Crippen molar-refractivity contribution in [3.8, 4) is 5.75 Å². The Labute approximate surface area is 96.8 Å². The summed E-state index contributed by atoms with van der Waals surface area (Å²) in [6, 6.07) is 0.315. The summed E-state index contributed by atoms with van der Waals surface area (Å²) >= 11 is 0. The normalized spacial score (nSPS) is 29.6. The highest BCUT2D eigenvalue weighted by molar-refractivity contribution is 5.30. The standard InChI is InChI=1S/C12H21N3O/c1-4-15-12(11(16-3)7-14-15)9-5-6-10(13)8(9)2/h7-10H,4-6,13H2,1-3H3. The van der Waals surface area contributed by atoms with Crippen molar-refractivity contribution in [2.24, 2.45) is 11.7 Å². The maximum absolute atomic E-state index is 6.09. The number of rotatable bonds is 3. The second-order valence-electron chi connectivity index (χ2n) is 4.62. The largest absolute Gasteiger partial charge is 0.493 e. The first-order chi connectivity index (χ1) is 7.69. The highest BCUT2D eigenvalue weighted by Crippen LogP contribution is 2.42. The molecule has 2 N–H and O–H groups in total. The third kappa shape index (κ3) is 1.71. The summed E-state index contributed by atoms with van der Waals surface area (Å²) in [5.74, 6) is 1.91. The molecule has 1 saturated carbocycles. The lowest BCUT2D eigenvalue weighted by molar-refractivity contribution is 0.386. The minimum Gasteiger partial charge on any atom is -0.493 e. The van der Waals surface area contributed by atoms with Crippen LogP contribution in [-0.2, 0) is 6.54 Å². The van der Waals surface area contributed by atoms with Crippen LogP contribution in [0, 0.1) is 5.92 Å². The molecule has 0 aliphatic heterocycles. The molecule has 2 rings (SSSR count). The van der Waals surface area contributed by atoms with E-state index in [0.717, 1.165) is 25.1 Å². The van der Waals surface area contributed by atoms with Crippen molar-refractivity contribution in [1.82, 2.24) is 9.78 Å². The minimum absolute atomic E-state index is 0.315. The fourth-order valence-electron chi connectivity index (χ4n) is 2.74. The first-order valence-corrected chi connectivity index (χ1v) is 6.04. The zero-order valence-electron chi connectivity index (χ0n) is 10.3. The third-order valence-electron chi connectivity index (χ3n) is 3.84. The fraction of sp³-hybridized carbons (Fsp3) is 0.750. The van der Waals surface area contributed by atoms with Crippen molar-refractivity contribution in [3.63, 3.8) is 0 Å². The van der Waals surface area contributed by atoms with Crippen molar-refractivity contribution in [1.29, 1.82) is 0 Å². The van der Waals surface area contributed by atoms with E-state index in [2.05, 4.69) is 18.9 Å². The molecule has 4 nitrogen and oxygen atoms in total. The van der Waals surface area contributed by atoms with Gasteiger partial charge in [-0.05, 0) is 25.7 Å². The van der Waals surface area contributed by atoms with Crippen molar-refractivity contribution >= 4 is 0 Å². The third-order valence-corrected chi connectivity index (χ3v) is 3.84. The smallest absolute Gasteiger partial charge is 0.160 e. The highest BCUT2D eigenvalue weighted by atomic mass is 16.5. The molecule has 16 heavy (non-hydrogen) atoms. The van der Waals surface area contributed by atoms with E-state index in [1.165, 1.54) is 5.69 Å². The van der Waals surface area contributed by atoms with Gasteiger partial charge in [-0.25, -0.2) is 0 Å². The zero-order chi connectivity index (χ0) is 11.7. The molecule has 1 aliphatic rings. The number of methoxy groups -OCH3 is 1. The summed E-state index contributed by atoms with van der Waals surface area (Å²) in [5, 5.41) is 4.36. The van der Waals surface area contributed by atoms with Crippen LogP contribution in [0.3, 0.4) is 0 Å². The van der Waals surface area contributed by atoms with E-state index in [-0.39, 0.29) is 0 Å². The van der Waals surface area contributed by atoms with Gasteiger partial charge < -0.3 is 10.5 Å². The lowest BCUT2D eigenvalue weighted by Gasteiger charge is -2.20. The molecular weight excluding hydrogens is 202 g/mol. The Balaban J connectivity index is 2.34. The Kier molecular flexibility index (Phi) is 3.19. The Hall–Kier alpha value is -1.03. The summed E-state index contributed by atoms with van der Waals surface area (Å²) in [5.41, 5.74) is 7.31. The summed E-state index contributed by atoms with van der Waals surface area (Å²) in [7, 11) is 1.71. The predicted molar refractivity (Wildman–Crippen MR) is 63.6 cm³/mol. The van der Waals surface area contributed by atoms with Crippen molar-refractivity contribution in [3.05, 3.63) is 11.9 Å². The molecule has 90 valence electrons. The van der Waals surface area contributed by atoms with Gasteiger partial charge in [-0.2, -0.15) is 5.10 Å². The van der Waals surface area contributed by atoms with E-state index in [0.29, 0.717) is 17.9 Å². The van der Waals surface area contributed by atoms with Crippen molar-refractivity contribution in [2.45, 2.75) is 45.2 Å². The van der Waals surface area contributed by atoms with Crippen LogP contribution in [0.2, 0.25) is 0 Å². The van der Waals surface area contributed by atoms with E-state index < -0.39 is 0 Å². The van der Waals surface area contributed by atoms with Crippen LogP contribution in [0.5, 0.6) is 5.75 Å². The SMILES string of the molecule is CCn1ncc(OC)c1C1CCC(N)C1C. The molecule has 1 heterocycles. The molecule has 0 bridgehead atoms. The minimum atomic E-state index is 0.315. The van der Waals surface area contributed by atoms with Crippen molar-refractivity contribution in [2.75, 3.05) is 7.11 Å². The summed E-state index contributed by atoms with van der Waals surface area (Å²) in [4.78, 5) is 0. The van der Waals surface area contributed by atoms with Gasteiger partial charge in [-0.1, -0.05) is 6.92 Å². The second kappa shape index (κ2) is 4.45. The Morgan fingerprint density at radius 2 is 2.31 bits per heavy atom. The lowest BCUT2D eigenvalue weighted by Crippen LogP contribution is -2.25. The van der Waals surface area contributed by atoms with E-state index in [4.69, 9.17) is 10.5 Å². The molecule has 0 saturated heterocycles. The van der Waals surface area contributed by atoms with Crippen LogP contribution in [-0.4, -0.2) is 22.9 Å². The van der Waals surface area contributed by atoms with Gasteiger partial charge in [0.25, 0.3) is 0 Å². The number of aryl methyl sites for hydroxylation is 1. The first-order valence-electron chi connectivity index (χ1n) is 6.04. The van der Waals surface area contributed by atoms with E-state index in [9.17, 15) is 0 Å². The summed E-state index contributed by atoms with van der Waals surface area (Å²) < 4.78 is 7.44. The quantitative estimate of drug-likeness (QED) is 0.849.